The van der Waals surface area contributed by atoms with E-state index in [2.05, 4.69) is 5.32 Å². The van der Waals surface area contributed by atoms with Crippen LogP contribution < -0.4 is 5.32 Å². The van der Waals surface area contributed by atoms with Gasteiger partial charge in [-0.25, -0.2) is 4.39 Å². The Hall–Kier alpha value is -2.95. The molecule has 0 aliphatic heterocycles. The zero-order chi connectivity index (χ0) is 19.3. The zero-order valence-electron chi connectivity index (χ0n) is 15.5. The van der Waals surface area contributed by atoms with Gasteiger partial charge in [0.25, 0.3) is 0 Å². The summed E-state index contributed by atoms with van der Waals surface area (Å²) in [7, 11) is 1.56. The van der Waals surface area contributed by atoms with Crippen molar-refractivity contribution in [1.29, 1.82) is 0 Å². The predicted octanol–water partition coefficient (Wildman–Crippen LogP) is 3.86. The van der Waals surface area contributed by atoms with Gasteiger partial charge in [0.15, 0.2) is 0 Å². The third-order valence-electron chi connectivity index (χ3n) is 3.99. The van der Waals surface area contributed by atoms with Gasteiger partial charge in [-0.1, -0.05) is 29.8 Å². The Balaban J connectivity index is 1.96. The number of carbonyl (C=O) groups excluding carboxylic acids is 2. The lowest BCUT2D eigenvalue weighted by atomic mass is 10.1. The largest absolute Gasteiger partial charge is 0.333 e. The third-order valence-corrected chi connectivity index (χ3v) is 3.99. The maximum atomic E-state index is 12.9. The van der Waals surface area contributed by atoms with Crippen LogP contribution in [0.1, 0.15) is 22.3 Å². The molecule has 0 fully saturated rings. The zero-order valence-corrected chi connectivity index (χ0v) is 15.5. The molecular weight excluding hydrogens is 331 g/mol. The summed E-state index contributed by atoms with van der Waals surface area (Å²) in [5.74, 6) is -0.892. The van der Waals surface area contributed by atoms with E-state index in [9.17, 15) is 14.0 Å². The smallest absolute Gasteiger partial charge is 0.246 e. The first kappa shape index (κ1) is 19.4. The molecule has 0 saturated heterocycles. The van der Waals surface area contributed by atoms with Crippen LogP contribution >= 0.6 is 0 Å². The Kier molecular flexibility index (Phi) is 6.28. The SMILES string of the molecule is Cc1cc(C)c(NC(=O)CN(C)C(=O)C=Cc2ccc(F)cc2)c(C)c1. The molecule has 1 N–H and O–H groups in total. The molecule has 0 aliphatic rings. The molecule has 136 valence electrons. The number of benzene rings is 2. The number of halogens is 1. The number of carbonyl (C=O) groups is 2. The summed E-state index contributed by atoms with van der Waals surface area (Å²) in [6, 6.07) is 9.82. The van der Waals surface area contributed by atoms with Crippen LogP contribution in [0.5, 0.6) is 0 Å². The van der Waals surface area contributed by atoms with Crippen LogP contribution in [-0.2, 0) is 9.59 Å². The molecule has 2 aromatic rings. The van der Waals surface area contributed by atoms with E-state index in [4.69, 9.17) is 0 Å². The Morgan fingerprint density at radius 1 is 1.08 bits per heavy atom. The molecule has 0 heterocycles. The van der Waals surface area contributed by atoms with Gasteiger partial charge >= 0.3 is 0 Å². The van der Waals surface area contributed by atoms with Gasteiger partial charge in [0.2, 0.25) is 11.8 Å². The molecule has 4 nitrogen and oxygen atoms in total. The van der Waals surface area contributed by atoms with Gasteiger partial charge < -0.3 is 10.2 Å². The minimum Gasteiger partial charge on any atom is -0.333 e. The predicted molar refractivity (Wildman–Crippen MR) is 102 cm³/mol. The minimum atomic E-state index is -0.330. The maximum Gasteiger partial charge on any atom is 0.246 e. The second-order valence-corrected chi connectivity index (χ2v) is 6.40. The normalized spacial score (nSPS) is 10.8. The highest BCUT2D eigenvalue weighted by atomic mass is 19.1. The fourth-order valence-corrected chi connectivity index (χ4v) is 2.72. The van der Waals surface area contributed by atoms with Crippen LogP contribution in [0.3, 0.4) is 0 Å². The van der Waals surface area contributed by atoms with Crippen LogP contribution in [0.4, 0.5) is 10.1 Å². The first-order valence-electron chi connectivity index (χ1n) is 8.32. The van der Waals surface area contributed by atoms with Crippen LogP contribution in [0.2, 0.25) is 0 Å². The van der Waals surface area contributed by atoms with Gasteiger partial charge in [-0.05, 0) is 55.7 Å². The Morgan fingerprint density at radius 2 is 1.65 bits per heavy atom. The van der Waals surface area contributed by atoms with Gasteiger partial charge in [0, 0.05) is 18.8 Å². The van der Waals surface area contributed by atoms with Gasteiger partial charge in [-0.3, -0.25) is 9.59 Å². The van der Waals surface area contributed by atoms with Crippen molar-refractivity contribution in [2.75, 3.05) is 18.9 Å². The molecule has 26 heavy (non-hydrogen) atoms. The molecule has 0 atom stereocenters. The molecule has 2 rings (SSSR count). The number of likely N-dealkylation sites (N-methyl/N-ethyl adjacent to an activating group) is 1. The van der Waals surface area contributed by atoms with Crippen LogP contribution in [0, 0.1) is 26.6 Å². The Labute approximate surface area is 153 Å². The molecule has 0 spiro atoms. The molecular formula is C21H23FN2O2. The number of nitrogens with one attached hydrogen (secondary N) is 1. The van der Waals surface area contributed by atoms with Crippen molar-refractivity contribution in [2.45, 2.75) is 20.8 Å². The lowest BCUT2D eigenvalue weighted by molar-refractivity contribution is -0.129. The van der Waals surface area contributed by atoms with Crippen molar-refractivity contribution in [3.05, 3.63) is 70.5 Å². The van der Waals surface area contributed by atoms with Crippen LogP contribution in [-0.4, -0.2) is 30.3 Å². The minimum absolute atomic E-state index is 0.0562. The van der Waals surface area contributed by atoms with Crippen LogP contribution in [0.25, 0.3) is 6.08 Å². The lowest BCUT2D eigenvalue weighted by Gasteiger charge is -2.17. The average molecular weight is 354 g/mol. The molecule has 0 saturated carbocycles. The summed E-state index contributed by atoms with van der Waals surface area (Å²) in [6.45, 7) is 5.83. The van der Waals surface area contributed by atoms with E-state index in [0.29, 0.717) is 5.56 Å². The number of hydrogen-bond donors (Lipinski definition) is 1. The number of anilines is 1. The van der Waals surface area contributed by atoms with Gasteiger partial charge in [-0.15, -0.1) is 0 Å². The molecule has 0 radical (unpaired) electrons. The van der Waals surface area contributed by atoms with E-state index >= 15 is 0 Å². The van der Waals surface area contributed by atoms with Crippen molar-refractivity contribution in [2.24, 2.45) is 0 Å². The number of rotatable bonds is 5. The topological polar surface area (TPSA) is 49.4 Å². The van der Waals surface area contributed by atoms with Crippen molar-refractivity contribution in [3.8, 4) is 0 Å². The first-order valence-corrected chi connectivity index (χ1v) is 8.32. The van der Waals surface area contributed by atoms with E-state index in [-0.39, 0.29) is 24.2 Å². The second kappa shape index (κ2) is 8.43. The number of aryl methyl sites for hydroxylation is 3. The molecule has 0 aromatic heterocycles. The summed E-state index contributed by atoms with van der Waals surface area (Å²) >= 11 is 0. The van der Waals surface area contributed by atoms with Gasteiger partial charge in [0.05, 0.1) is 6.54 Å². The van der Waals surface area contributed by atoms with Crippen LogP contribution in [0.15, 0.2) is 42.5 Å². The summed E-state index contributed by atoms with van der Waals surface area (Å²) in [4.78, 5) is 25.7. The van der Waals surface area contributed by atoms with Gasteiger partial charge in [-0.2, -0.15) is 0 Å². The Bertz CT molecular complexity index is 819. The summed E-state index contributed by atoms with van der Waals surface area (Å²) < 4.78 is 12.9. The maximum absolute atomic E-state index is 12.9. The fourth-order valence-electron chi connectivity index (χ4n) is 2.72. The summed E-state index contributed by atoms with van der Waals surface area (Å²) in [5, 5.41) is 2.87. The van der Waals surface area contributed by atoms with Crippen molar-refractivity contribution < 1.29 is 14.0 Å². The Morgan fingerprint density at radius 3 is 2.23 bits per heavy atom. The van der Waals surface area contributed by atoms with E-state index in [1.54, 1.807) is 25.3 Å². The van der Waals surface area contributed by atoms with Crippen molar-refractivity contribution in [1.82, 2.24) is 4.90 Å². The van der Waals surface area contributed by atoms with E-state index in [1.807, 2.05) is 32.9 Å². The van der Waals surface area contributed by atoms with Crippen molar-refractivity contribution in [3.63, 3.8) is 0 Å². The molecule has 0 unspecified atom stereocenters. The first-order chi connectivity index (χ1) is 12.3. The molecule has 0 aliphatic carbocycles. The molecule has 2 amide bonds. The average Bonchev–Trinajstić information content (AvgIpc) is 2.57. The summed E-state index contributed by atoms with van der Waals surface area (Å²) in [6.07, 6.45) is 2.95. The number of nitrogens with zero attached hydrogens (tertiary/aromatic N) is 1. The molecule has 0 bridgehead atoms. The standard InChI is InChI=1S/C21H23FN2O2/c1-14-11-15(2)21(16(3)12-14)23-19(25)13-24(4)20(26)10-7-17-5-8-18(22)9-6-17/h5-12H,13H2,1-4H3,(H,23,25). The van der Waals surface area contributed by atoms with E-state index < -0.39 is 0 Å². The van der Waals surface area contributed by atoms with Crippen molar-refractivity contribution >= 4 is 23.6 Å². The van der Waals surface area contributed by atoms with E-state index in [1.165, 1.54) is 23.1 Å². The highest BCUT2D eigenvalue weighted by Crippen LogP contribution is 2.21. The van der Waals surface area contributed by atoms with E-state index in [0.717, 1.165) is 22.4 Å². The number of amides is 2. The number of hydrogen-bond acceptors (Lipinski definition) is 2. The summed E-state index contributed by atoms with van der Waals surface area (Å²) in [5.41, 5.74) is 4.60. The van der Waals surface area contributed by atoms with Gasteiger partial charge in [0.1, 0.15) is 5.82 Å². The lowest BCUT2D eigenvalue weighted by Crippen LogP contribution is -2.34. The molecule has 5 heteroatoms. The third kappa shape index (κ3) is 5.28. The second-order valence-electron chi connectivity index (χ2n) is 6.40. The monoisotopic (exact) mass is 354 g/mol. The highest BCUT2D eigenvalue weighted by Gasteiger charge is 2.13. The molecule has 2 aromatic carbocycles. The fraction of sp³-hybridized carbons (Fsp3) is 0.238. The highest BCUT2D eigenvalue weighted by molar-refractivity contribution is 5.98. The quantitative estimate of drug-likeness (QED) is 0.829.